The zero-order valence-corrected chi connectivity index (χ0v) is 23.4. The summed E-state index contributed by atoms with van der Waals surface area (Å²) in [6.07, 6.45) is 1.88. The maximum atomic E-state index is 14.2. The minimum atomic E-state index is -4.22. The molecule has 0 aliphatic heterocycles. The Morgan fingerprint density at radius 1 is 0.892 bits per heavy atom. The minimum Gasteiger partial charge on any atom is -0.490 e. The van der Waals surface area contributed by atoms with E-state index in [-0.39, 0.29) is 10.5 Å². The molecule has 0 N–H and O–H groups in total. The average Bonchev–Trinajstić information content (AvgIpc) is 2.84. The number of ether oxygens (including phenoxy) is 2. The second kappa shape index (κ2) is 12.3. The van der Waals surface area contributed by atoms with Gasteiger partial charge in [-0.3, -0.25) is 4.79 Å². The van der Waals surface area contributed by atoms with Crippen molar-refractivity contribution in [3.05, 3.63) is 88.5 Å². The molecule has 3 rings (SSSR count). The number of nitrogens with zero attached hydrogens (tertiary/aromatic N) is 1. The third kappa shape index (κ3) is 6.34. The SMILES string of the molecule is CCCCOc1ccc(C(=O)N(C(C)c2ccccc2)S(=O)(=O)c2c(C)cc(C)cc2C)cc1OCC. The second-order valence-electron chi connectivity index (χ2n) is 9.22. The third-order valence-corrected chi connectivity index (χ3v) is 8.36. The van der Waals surface area contributed by atoms with E-state index in [4.69, 9.17) is 9.47 Å². The van der Waals surface area contributed by atoms with Crippen LogP contribution in [0.25, 0.3) is 0 Å². The van der Waals surface area contributed by atoms with Gasteiger partial charge in [0, 0.05) is 5.56 Å². The summed E-state index contributed by atoms with van der Waals surface area (Å²) in [6.45, 7) is 12.0. The molecule has 0 spiro atoms. The second-order valence-corrected chi connectivity index (χ2v) is 11.0. The molecular formula is C30H37NO5S. The number of carbonyl (C=O) groups is 1. The lowest BCUT2D eigenvalue weighted by atomic mass is 10.1. The fraction of sp³-hybridized carbons (Fsp3) is 0.367. The highest BCUT2D eigenvalue weighted by Crippen LogP contribution is 2.35. The average molecular weight is 524 g/mol. The Kier molecular flexibility index (Phi) is 9.38. The summed E-state index contributed by atoms with van der Waals surface area (Å²) in [5, 5.41) is 0. The predicted octanol–water partition coefficient (Wildman–Crippen LogP) is 6.78. The molecule has 0 bridgehead atoms. The first kappa shape index (κ1) is 28.3. The highest BCUT2D eigenvalue weighted by atomic mass is 32.2. The van der Waals surface area contributed by atoms with E-state index in [1.165, 1.54) is 0 Å². The number of amides is 1. The van der Waals surface area contributed by atoms with Gasteiger partial charge in [0.05, 0.1) is 24.2 Å². The summed E-state index contributed by atoms with van der Waals surface area (Å²) in [5.41, 5.74) is 3.09. The molecule has 0 aliphatic carbocycles. The van der Waals surface area contributed by atoms with Crippen molar-refractivity contribution in [2.24, 2.45) is 0 Å². The maximum Gasteiger partial charge on any atom is 0.268 e. The van der Waals surface area contributed by atoms with E-state index in [0.717, 1.165) is 22.7 Å². The first-order valence-corrected chi connectivity index (χ1v) is 14.2. The van der Waals surface area contributed by atoms with Crippen molar-refractivity contribution in [3.63, 3.8) is 0 Å². The van der Waals surface area contributed by atoms with Gasteiger partial charge >= 0.3 is 0 Å². The van der Waals surface area contributed by atoms with Crippen LogP contribution in [0.2, 0.25) is 0 Å². The molecular weight excluding hydrogens is 486 g/mol. The number of aryl methyl sites for hydroxylation is 3. The standard InChI is InChI=1S/C30H37NO5S/c1-7-9-17-36-27-16-15-26(20-28(27)35-8-2)30(32)31(24(6)25-13-11-10-12-14-25)37(33,34)29-22(4)18-21(3)19-23(29)5/h10-16,18-20,24H,7-9,17H2,1-6H3. The van der Waals surface area contributed by atoms with E-state index in [9.17, 15) is 13.2 Å². The van der Waals surface area contributed by atoms with Gasteiger partial charge in [-0.15, -0.1) is 0 Å². The first-order valence-electron chi connectivity index (χ1n) is 12.7. The molecule has 0 heterocycles. The lowest BCUT2D eigenvalue weighted by Gasteiger charge is -2.30. The molecule has 1 unspecified atom stereocenters. The predicted molar refractivity (Wildman–Crippen MR) is 147 cm³/mol. The van der Waals surface area contributed by atoms with Crippen LogP contribution in [0.4, 0.5) is 0 Å². The van der Waals surface area contributed by atoms with Crippen molar-refractivity contribution in [1.82, 2.24) is 4.31 Å². The van der Waals surface area contributed by atoms with E-state index in [1.807, 2.05) is 56.3 Å². The lowest BCUT2D eigenvalue weighted by Crippen LogP contribution is -2.39. The molecule has 0 radical (unpaired) electrons. The van der Waals surface area contributed by atoms with Crippen molar-refractivity contribution >= 4 is 15.9 Å². The van der Waals surface area contributed by atoms with Gasteiger partial charge in [-0.05, 0) is 75.9 Å². The molecule has 0 aliphatic rings. The topological polar surface area (TPSA) is 72.9 Å². The molecule has 198 valence electrons. The van der Waals surface area contributed by atoms with Gasteiger partial charge in [-0.1, -0.05) is 61.4 Å². The van der Waals surface area contributed by atoms with E-state index >= 15 is 0 Å². The van der Waals surface area contributed by atoms with Gasteiger partial charge < -0.3 is 9.47 Å². The molecule has 7 heteroatoms. The fourth-order valence-corrected chi connectivity index (χ4v) is 6.50. The molecule has 37 heavy (non-hydrogen) atoms. The van der Waals surface area contributed by atoms with Crippen LogP contribution in [-0.4, -0.2) is 31.8 Å². The molecule has 3 aromatic rings. The quantitative estimate of drug-likeness (QED) is 0.259. The van der Waals surface area contributed by atoms with Crippen LogP contribution in [-0.2, 0) is 10.0 Å². The Hall–Kier alpha value is -3.32. The number of hydrogen-bond donors (Lipinski definition) is 0. The van der Waals surface area contributed by atoms with Crippen molar-refractivity contribution in [2.45, 2.75) is 65.3 Å². The summed E-state index contributed by atoms with van der Waals surface area (Å²) in [5.74, 6) is 0.316. The fourth-order valence-electron chi connectivity index (χ4n) is 4.51. The van der Waals surface area contributed by atoms with Crippen molar-refractivity contribution in [3.8, 4) is 11.5 Å². The highest BCUT2D eigenvalue weighted by molar-refractivity contribution is 7.89. The van der Waals surface area contributed by atoms with E-state index in [0.29, 0.717) is 41.4 Å². The highest BCUT2D eigenvalue weighted by Gasteiger charge is 2.37. The van der Waals surface area contributed by atoms with Crippen LogP contribution in [0.3, 0.4) is 0 Å². The van der Waals surface area contributed by atoms with Crippen LogP contribution in [0.1, 0.15) is 72.3 Å². The van der Waals surface area contributed by atoms with E-state index in [2.05, 4.69) is 6.92 Å². The van der Waals surface area contributed by atoms with Crippen molar-refractivity contribution in [1.29, 1.82) is 0 Å². The molecule has 0 fully saturated rings. The number of benzene rings is 3. The zero-order valence-electron chi connectivity index (χ0n) is 22.6. The van der Waals surface area contributed by atoms with Crippen LogP contribution >= 0.6 is 0 Å². The monoisotopic (exact) mass is 523 g/mol. The van der Waals surface area contributed by atoms with Crippen LogP contribution < -0.4 is 9.47 Å². The summed E-state index contributed by atoms with van der Waals surface area (Å²) in [4.78, 5) is 14.2. The summed E-state index contributed by atoms with van der Waals surface area (Å²) in [7, 11) is -4.22. The minimum absolute atomic E-state index is 0.152. The number of unbranched alkanes of at least 4 members (excludes halogenated alkanes) is 1. The summed E-state index contributed by atoms with van der Waals surface area (Å²) in [6, 6.07) is 16.9. The Morgan fingerprint density at radius 3 is 2.14 bits per heavy atom. The Labute approximate surface area is 221 Å². The molecule has 6 nitrogen and oxygen atoms in total. The Morgan fingerprint density at radius 2 is 1.54 bits per heavy atom. The molecule has 0 aromatic heterocycles. The van der Waals surface area contributed by atoms with E-state index < -0.39 is 22.0 Å². The molecule has 3 aromatic carbocycles. The van der Waals surface area contributed by atoms with Gasteiger partial charge in [0.2, 0.25) is 0 Å². The van der Waals surface area contributed by atoms with Crippen molar-refractivity contribution < 1.29 is 22.7 Å². The van der Waals surface area contributed by atoms with Gasteiger partial charge in [-0.2, -0.15) is 0 Å². The zero-order chi connectivity index (χ0) is 27.2. The maximum absolute atomic E-state index is 14.2. The molecule has 1 amide bonds. The van der Waals surface area contributed by atoms with Gasteiger partial charge in [0.1, 0.15) is 0 Å². The van der Waals surface area contributed by atoms with Gasteiger partial charge in [0.25, 0.3) is 15.9 Å². The molecule has 0 saturated carbocycles. The number of carbonyl (C=O) groups excluding carboxylic acids is 1. The number of rotatable bonds is 11. The van der Waals surface area contributed by atoms with Gasteiger partial charge in [-0.25, -0.2) is 12.7 Å². The third-order valence-electron chi connectivity index (χ3n) is 6.20. The van der Waals surface area contributed by atoms with Crippen LogP contribution in [0.15, 0.2) is 65.6 Å². The number of hydrogen-bond acceptors (Lipinski definition) is 5. The molecule has 1 atom stereocenters. The van der Waals surface area contributed by atoms with Crippen molar-refractivity contribution in [2.75, 3.05) is 13.2 Å². The first-order chi connectivity index (χ1) is 17.6. The Balaban J connectivity index is 2.14. The summed E-state index contributed by atoms with van der Waals surface area (Å²) >= 11 is 0. The van der Waals surface area contributed by atoms with Gasteiger partial charge in [0.15, 0.2) is 11.5 Å². The van der Waals surface area contributed by atoms with E-state index in [1.54, 1.807) is 39.0 Å². The normalized spacial score (nSPS) is 12.2. The largest absolute Gasteiger partial charge is 0.490 e. The smallest absolute Gasteiger partial charge is 0.268 e. The number of sulfonamides is 1. The Bertz CT molecular complexity index is 1310. The molecule has 0 saturated heterocycles. The summed E-state index contributed by atoms with van der Waals surface area (Å²) < 4.78 is 41.0. The van der Waals surface area contributed by atoms with Crippen LogP contribution in [0, 0.1) is 20.8 Å². The van der Waals surface area contributed by atoms with Crippen LogP contribution in [0.5, 0.6) is 11.5 Å². The lowest BCUT2D eigenvalue weighted by molar-refractivity contribution is 0.0827.